The standard InChI is InChI=1S/C14H13N5S/c1-9-4-5-12-10(3-2-6-16-12)11(9)7-17-19-14-18-13(15)8-20-14/h2-8H,15H2,1H3,(H,18,19). The van der Waals surface area contributed by atoms with Crippen molar-refractivity contribution in [3.63, 3.8) is 0 Å². The Morgan fingerprint density at radius 1 is 1.35 bits per heavy atom. The first-order chi connectivity index (χ1) is 9.74. The van der Waals surface area contributed by atoms with Crippen molar-refractivity contribution in [3.8, 4) is 0 Å². The summed E-state index contributed by atoms with van der Waals surface area (Å²) in [4.78, 5) is 8.43. The largest absolute Gasteiger partial charge is 0.383 e. The maximum Gasteiger partial charge on any atom is 0.205 e. The zero-order chi connectivity index (χ0) is 13.9. The van der Waals surface area contributed by atoms with Gasteiger partial charge in [-0.05, 0) is 24.6 Å². The molecule has 3 rings (SSSR count). The molecule has 5 nitrogen and oxygen atoms in total. The number of benzene rings is 1. The molecule has 3 N–H and O–H groups in total. The Kier molecular flexibility index (Phi) is 3.30. The Morgan fingerprint density at radius 3 is 3.05 bits per heavy atom. The molecule has 20 heavy (non-hydrogen) atoms. The van der Waals surface area contributed by atoms with Crippen LogP contribution < -0.4 is 11.2 Å². The van der Waals surface area contributed by atoms with Crippen LogP contribution in [0.15, 0.2) is 40.9 Å². The summed E-state index contributed by atoms with van der Waals surface area (Å²) in [6, 6.07) is 8.02. The number of aryl methyl sites for hydroxylation is 1. The van der Waals surface area contributed by atoms with Crippen molar-refractivity contribution in [2.45, 2.75) is 6.92 Å². The third-order valence-electron chi connectivity index (χ3n) is 2.92. The molecule has 100 valence electrons. The van der Waals surface area contributed by atoms with Gasteiger partial charge in [-0.25, -0.2) is 4.98 Å². The van der Waals surface area contributed by atoms with Crippen molar-refractivity contribution in [1.29, 1.82) is 0 Å². The number of aromatic nitrogens is 2. The molecule has 6 heteroatoms. The summed E-state index contributed by atoms with van der Waals surface area (Å²) in [5.74, 6) is 0.498. The van der Waals surface area contributed by atoms with Gasteiger partial charge in [0, 0.05) is 22.5 Å². The van der Waals surface area contributed by atoms with Gasteiger partial charge >= 0.3 is 0 Å². The van der Waals surface area contributed by atoms with E-state index >= 15 is 0 Å². The van der Waals surface area contributed by atoms with E-state index < -0.39 is 0 Å². The zero-order valence-corrected chi connectivity index (χ0v) is 11.7. The highest BCUT2D eigenvalue weighted by molar-refractivity contribution is 7.14. The number of nitrogens with one attached hydrogen (secondary N) is 1. The van der Waals surface area contributed by atoms with E-state index in [2.05, 4.69) is 27.4 Å². The predicted molar refractivity (Wildman–Crippen MR) is 84.2 cm³/mol. The molecule has 0 aliphatic rings. The molecule has 0 aliphatic heterocycles. The number of thiazole rings is 1. The van der Waals surface area contributed by atoms with Crippen molar-refractivity contribution < 1.29 is 0 Å². The maximum absolute atomic E-state index is 5.56. The van der Waals surface area contributed by atoms with Crippen LogP contribution >= 0.6 is 11.3 Å². The van der Waals surface area contributed by atoms with E-state index in [4.69, 9.17) is 5.73 Å². The van der Waals surface area contributed by atoms with Gasteiger partial charge in [0.15, 0.2) is 0 Å². The second kappa shape index (κ2) is 5.26. The first-order valence-corrected chi connectivity index (χ1v) is 6.96. The molecule has 0 spiro atoms. The normalized spacial score (nSPS) is 11.2. The van der Waals surface area contributed by atoms with Gasteiger partial charge in [0.2, 0.25) is 5.13 Å². The number of hydrogen-bond donors (Lipinski definition) is 2. The molecule has 0 saturated carbocycles. The summed E-state index contributed by atoms with van der Waals surface area (Å²) < 4.78 is 0. The number of nitrogens with zero attached hydrogens (tertiary/aromatic N) is 3. The summed E-state index contributed by atoms with van der Waals surface area (Å²) in [7, 11) is 0. The molecule has 0 amide bonds. The van der Waals surface area contributed by atoms with E-state index in [0.717, 1.165) is 22.0 Å². The number of rotatable bonds is 3. The van der Waals surface area contributed by atoms with Gasteiger partial charge in [-0.3, -0.25) is 10.4 Å². The summed E-state index contributed by atoms with van der Waals surface area (Å²) in [5, 5.41) is 7.75. The van der Waals surface area contributed by atoms with Gasteiger partial charge < -0.3 is 5.73 Å². The highest BCUT2D eigenvalue weighted by Crippen LogP contribution is 2.19. The fourth-order valence-corrected chi connectivity index (χ4v) is 2.49. The van der Waals surface area contributed by atoms with Crippen LogP contribution in [0.25, 0.3) is 10.9 Å². The third-order valence-corrected chi connectivity index (χ3v) is 3.69. The first-order valence-electron chi connectivity index (χ1n) is 6.08. The zero-order valence-electron chi connectivity index (χ0n) is 10.9. The number of hydrogen-bond acceptors (Lipinski definition) is 6. The SMILES string of the molecule is Cc1ccc2ncccc2c1C=NNc1nc(N)cs1. The second-order valence-electron chi connectivity index (χ2n) is 4.31. The lowest BCUT2D eigenvalue weighted by molar-refractivity contribution is 1.29. The van der Waals surface area contributed by atoms with Crippen LogP contribution in [0.1, 0.15) is 11.1 Å². The third kappa shape index (κ3) is 2.46. The van der Waals surface area contributed by atoms with Gasteiger partial charge in [0.05, 0.1) is 11.7 Å². The Bertz CT molecular complexity index is 778. The quantitative estimate of drug-likeness (QED) is 0.572. The number of nitrogen functional groups attached to an aromatic ring is 1. The van der Waals surface area contributed by atoms with Crippen LogP contribution in [0.5, 0.6) is 0 Å². The Balaban J connectivity index is 1.92. The molecule has 0 unspecified atom stereocenters. The average Bonchev–Trinajstić information content (AvgIpc) is 2.87. The van der Waals surface area contributed by atoms with Gasteiger partial charge in [-0.1, -0.05) is 12.1 Å². The maximum atomic E-state index is 5.56. The Hall–Kier alpha value is -2.47. The number of hydrazone groups is 1. The molecular formula is C14H13N5S. The van der Waals surface area contributed by atoms with Gasteiger partial charge in [0.1, 0.15) is 5.82 Å². The van der Waals surface area contributed by atoms with E-state index in [0.29, 0.717) is 10.9 Å². The Labute approximate surface area is 120 Å². The van der Waals surface area contributed by atoms with Gasteiger partial charge in [0.25, 0.3) is 0 Å². The fourth-order valence-electron chi connectivity index (χ4n) is 1.95. The second-order valence-corrected chi connectivity index (χ2v) is 5.17. The summed E-state index contributed by atoms with van der Waals surface area (Å²) in [5.41, 5.74) is 11.6. The van der Waals surface area contributed by atoms with Gasteiger partial charge in [-0.2, -0.15) is 5.10 Å². The van der Waals surface area contributed by atoms with E-state index in [9.17, 15) is 0 Å². The molecule has 0 bridgehead atoms. The topological polar surface area (TPSA) is 76.2 Å². The van der Waals surface area contributed by atoms with E-state index in [1.807, 2.05) is 24.3 Å². The molecule has 3 aromatic rings. The van der Waals surface area contributed by atoms with Crippen LogP contribution in [0.4, 0.5) is 10.9 Å². The average molecular weight is 283 g/mol. The molecule has 2 heterocycles. The van der Waals surface area contributed by atoms with Crippen molar-refractivity contribution in [2.24, 2.45) is 5.10 Å². The number of nitrogens with two attached hydrogens (primary N) is 1. The molecule has 0 fully saturated rings. The van der Waals surface area contributed by atoms with Crippen molar-refractivity contribution in [3.05, 3.63) is 47.0 Å². The minimum Gasteiger partial charge on any atom is -0.383 e. The molecular weight excluding hydrogens is 270 g/mol. The highest BCUT2D eigenvalue weighted by atomic mass is 32.1. The van der Waals surface area contributed by atoms with Crippen LogP contribution in [0, 0.1) is 6.92 Å². The summed E-state index contributed by atoms with van der Waals surface area (Å²) in [6.45, 7) is 2.05. The molecule has 0 saturated heterocycles. The minimum atomic E-state index is 0.498. The first kappa shape index (κ1) is 12.6. The van der Waals surface area contributed by atoms with Crippen molar-refractivity contribution >= 4 is 39.4 Å². The molecule has 1 aromatic carbocycles. The van der Waals surface area contributed by atoms with Gasteiger partial charge in [-0.15, -0.1) is 11.3 Å². The smallest absolute Gasteiger partial charge is 0.205 e. The number of fused-ring (bicyclic) bond motifs is 1. The number of anilines is 2. The Morgan fingerprint density at radius 2 is 2.25 bits per heavy atom. The van der Waals surface area contributed by atoms with Crippen molar-refractivity contribution in [2.75, 3.05) is 11.2 Å². The summed E-state index contributed by atoms with van der Waals surface area (Å²) >= 11 is 1.42. The lowest BCUT2D eigenvalue weighted by atomic mass is 10.0. The van der Waals surface area contributed by atoms with Crippen LogP contribution in [-0.4, -0.2) is 16.2 Å². The molecule has 2 aromatic heterocycles. The lowest BCUT2D eigenvalue weighted by Crippen LogP contribution is -1.95. The van der Waals surface area contributed by atoms with Crippen LogP contribution in [0.2, 0.25) is 0 Å². The minimum absolute atomic E-state index is 0.498. The molecule has 0 radical (unpaired) electrons. The number of pyridine rings is 1. The van der Waals surface area contributed by atoms with E-state index in [-0.39, 0.29) is 0 Å². The summed E-state index contributed by atoms with van der Waals surface area (Å²) in [6.07, 6.45) is 3.58. The predicted octanol–water partition coefficient (Wildman–Crippen LogP) is 3.03. The fraction of sp³-hybridized carbons (Fsp3) is 0.0714. The van der Waals surface area contributed by atoms with Crippen LogP contribution in [-0.2, 0) is 0 Å². The highest BCUT2D eigenvalue weighted by Gasteiger charge is 2.03. The van der Waals surface area contributed by atoms with Crippen molar-refractivity contribution in [1.82, 2.24) is 9.97 Å². The monoisotopic (exact) mass is 283 g/mol. The molecule has 0 aliphatic carbocycles. The van der Waals surface area contributed by atoms with E-state index in [1.54, 1.807) is 17.8 Å². The van der Waals surface area contributed by atoms with Crippen LogP contribution in [0.3, 0.4) is 0 Å². The lowest BCUT2D eigenvalue weighted by Gasteiger charge is -2.04. The van der Waals surface area contributed by atoms with E-state index in [1.165, 1.54) is 11.3 Å². The molecule has 0 atom stereocenters.